The Morgan fingerprint density at radius 2 is 2.00 bits per heavy atom. The number of halogens is 1. The van der Waals surface area contributed by atoms with Crippen LogP contribution in [-0.4, -0.2) is 17.6 Å². The molecule has 1 aromatic heterocycles. The topological polar surface area (TPSA) is 48.4 Å². The second-order valence-corrected chi connectivity index (χ2v) is 4.07. The summed E-state index contributed by atoms with van der Waals surface area (Å²) in [6.07, 6.45) is 4.50. The van der Waals surface area contributed by atoms with E-state index in [0.29, 0.717) is 18.2 Å². The third-order valence-corrected chi connectivity index (χ3v) is 2.49. The first-order valence-corrected chi connectivity index (χ1v) is 6.41. The van der Waals surface area contributed by atoms with E-state index in [2.05, 4.69) is 4.98 Å². The number of rotatable bonds is 5. The zero-order valence-electron chi connectivity index (χ0n) is 11.5. The Bertz CT molecular complexity index is 621. The lowest BCUT2D eigenvalue weighted by Gasteiger charge is -2.04. The molecule has 0 spiro atoms. The summed E-state index contributed by atoms with van der Waals surface area (Å²) in [5.41, 5.74) is 0.745. The second kappa shape index (κ2) is 7.19. The smallest absolute Gasteiger partial charge is 0.330 e. The summed E-state index contributed by atoms with van der Waals surface area (Å²) in [5, 5.41) is 0. The van der Waals surface area contributed by atoms with Crippen LogP contribution in [0.2, 0.25) is 0 Å². The first kappa shape index (κ1) is 14.7. The minimum absolute atomic E-state index is 0.324. The summed E-state index contributed by atoms with van der Waals surface area (Å²) in [6.45, 7) is 2.08. The van der Waals surface area contributed by atoms with Gasteiger partial charge < -0.3 is 9.47 Å². The highest BCUT2D eigenvalue weighted by molar-refractivity contribution is 5.86. The largest absolute Gasteiger partial charge is 0.463 e. The van der Waals surface area contributed by atoms with Gasteiger partial charge >= 0.3 is 5.97 Å². The summed E-state index contributed by atoms with van der Waals surface area (Å²) < 4.78 is 23.0. The minimum atomic E-state index is -0.399. The van der Waals surface area contributed by atoms with Crippen molar-refractivity contribution in [2.75, 3.05) is 6.61 Å². The molecule has 0 saturated heterocycles. The number of pyridine rings is 1. The fourth-order valence-corrected chi connectivity index (χ4v) is 1.53. The molecule has 0 atom stereocenters. The molecule has 0 fully saturated rings. The quantitative estimate of drug-likeness (QED) is 0.623. The fraction of sp³-hybridized carbons (Fsp3) is 0.125. The van der Waals surface area contributed by atoms with Crippen LogP contribution < -0.4 is 4.74 Å². The van der Waals surface area contributed by atoms with E-state index < -0.39 is 5.97 Å². The number of esters is 1. The number of carbonyl (C=O) groups is 1. The third kappa shape index (κ3) is 4.72. The number of aromatic nitrogens is 1. The average Bonchev–Trinajstić information content (AvgIpc) is 2.49. The Kier molecular flexibility index (Phi) is 5.04. The molecule has 0 bridgehead atoms. The summed E-state index contributed by atoms with van der Waals surface area (Å²) in [4.78, 5) is 15.3. The molecule has 0 unspecified atom stereocenters. The van der Waals surface area contributed by atoms with E-state index in [0.717, 1.165) is 5.56 Å². The third-order valence-electron chi connectivity index (χ3n) is 2.49. The van der Waals surface area contributed by atoms with Gasteiger partial charge in [-0.05, 0) is 48.9 Å². The van der Waals surface area contributed by atoms with E-state index in [4.69, 9.17) is 9.47 Å². The van der Waals surface area contributed by atoms with Gasteiger partial charge in [0.25, 0.3) is 0 Å². The molecule has 0 radical (unpaired) electrons. The van der Waals surface area contributed by atoms with Gasteiger partial charge in [-0.25, -0.2) is 14.2 Å². The summed E-state index contributed by atoms with van der Waals surface area (Å²) >= 11 is 0. The molecule has 0 aliphatic heterocycles. The van der Waals surface area contributed by atoms with E-state index in [-0.39, 0.29) is 5.82 Å². The Labute approximate surface area is 121 Å². The normalized spacial score (nSPS) is 10.6. The molecule has 4 nitrogen and oxygen atoms in total. The maximum Gasteiger partial charge on any atom is 0.330 e. The van der Waals surface area contributed by atoms with Gasteiger partial charge in [0.15, 0.2) is 0 Å². The second-order valence-electron chi connectivity index (χ2n) is 4.07. The maximum absolute atomic E-state index is 12.8. The van der Waals surface area contributed by atoms with E-state index in [9.17, 15) is 9.18 Å². The number of hydrogen-bond acceptors (Lipinski definition) is 4. The minimum Gasteiger partial charge on any atom is -0.463 e. The first-order valence-electron chi connectivity index (χ1n) is 6.41. The van der Waals surface area contributed by atoms with Crippen LogP contribution in [0.5, 0.6) is 11.6 Å². The van der Waals surface area contributed by atoms with Crippen LogP contribution in [0.15, 0.2) is 48.7 Å². The molecule has 2 aromatic rings. The van der Waals surface area contributed by atoms with Gasteiger partial charge in [-0.3, -0.25) is 0 Å². The summed E-state index contributed by atoms with van der Waals surface area (Å²) in [5.74, 6) is 0.160. The SMILES string of the molecule is CCOC(=O)/C=C/c1ccc(Oc2ccc(F)cc2)nc1. The highest BCUT2D eigenvalue weighted by atomic mass is 19.1. The molecule has 21 heavy (non-hydrogen) atoms. The Morgan fingerprint density at radius 3 is 2.62 bits per heavy atom. The van der Waals surface area contributed by atoms with Gasteiger partial charge in [0.2, 0.25) is 5.88 Å². The van der Waals surface area contributed by atoms with E-state index in [1.54, 1.807) is 31.3 Å². The van der Waals surface area contributed by atoms with Crippen LogP contribution >= 0.6 is 0 Å². The standard InChI is InChI=1S/C16H14FNO3/c1-2-20-16(19)10-4-12-3-9-15(18-11-12)21-14-7-5-13(17)6-8-14/h3-11H,2H2,1H3/b10-4+. The highest BCUT2D eigenvalue weighted by Crippen LogP contribution is 2.19. The molecule has 0 amide bonds. The van der Waals surface area contributed by atoms with Crippen molar-refractivity contribution in [3.8, 4) is 11.6 Å². The van der Waals surface area contributed by atoms with Crippen molar-refractivity contribution >= 4 is 12.0 Å². The molecule has 2 rings (SSSR count). The number of nitrogens with zero attached hydrogens (tertiary/aromatic N) is 1. The molecule has 1 heterocycles. The molecule has 108 valence electrons. The van der Waals surface area contributed by atoms with Crippen molar-refractivity contribution in [2.24, 2.45) is 0 Å². The van der Waals surface area contributed by atoms with Crippen LogP contribution in [0.25, 0.3) is 6.08 Å². The van der Waals surface area contributed by atoms with Gasteiger partial charge in [0.05, 0.1) is 6.61 Å². The zero-order valence-corrected chi connectivity index (χ0v) is 11.5. The maximum atomic E-state index is 12.8. The van der Waals surface area contributed by atoms with Gasteiger partial charge in [-0.2, -0.15) is 0 Å². The molecule has 5 heteroatoms. The number of carbonyl (C=O) groups excluding carboxylic acids is 1. The molecule has 0 aliphatic rings. The Hall–Kier alpha value is -2.69. The van der Waals surface area contributed by atoms with Crippen molar-refractivity contribution in [3.05, 3.63) is 60.1 Å². The van der Waals surface area contributed by atoms with E-state index in [1.165, 1.54) is 30.3 Å². The summed E-state index contributed by atoms with van der Waals surface area (Å²) in [6, 6.07) is 9.07. The van der Waals surface area contributed by atoms with Crippen LogP contribution in [-0.2, 0) is 9.53 Å². The van der Waals surface area contributed by atoms with Crippen LogP contribution in [0.4, 0.5) is 4.39 Å². The number of benzene rings is 1. The monoisotopic (exact) mass is 287 g/mol. The van der Waals surface area contributed by atoms with Gasteiger partial charge in [-0.1, -0.05) is 0 Å². The molecular weight excluding hydrogens is 273 g/mol. The molecule has 0 aliphatic carbocycles. The van der Waals surface area contributed by atoms with Crippen molar-refractivity contribution < 1.29 is 18.7 Å². The molecule has 1 aromatic carbocycles. The zero-order chi connectivity index (χ0) is 15.1. The lowest BCUT2D eigenvalue weighted by Crippen LogP contribution is -1.98. The van der Waals surface area contributed by atoms with Crippen molar-refractivity contribution in [2.45, 2.75) is 6.92 Å². The Morgan fingerprint density at radius 1 is 1.24 bits per heavy atom. The molecule has 0 saturated carbocycles. The van der Waals surface area contributed by atoms with Crippen molar-refractivity contribution in [1.29, 1.82) is 0 Å². The van der Waals surface area contributed by atoms with Crippen LogP contribution in [0.3, 0.4) is 0 Å². The van der Waals surface area contributed by atoms with Crippen LogP contribution in [0, 0.1) is 5.82 Å². The Balaban J connectivity index is 1.98. The first-order chi connectivity index (χ1) is 10.2. The molecular formula is C16H14FNO3. The number of hydrogen-bond donors (Lipinski definition) is 0. The highest BCUT2D eigenvalue weighted by Gasteiger charge is 1.99. The fourth-order valence-electron chi connectivity index (χ4n) is 1.53. The van der Waals surface area contributed by atoms with E-state index >= 15 is 0 Å². The van der Waals surface area contributed by atoms with Crippen molar-refractivity contribution in [3.63, 3.8) is 0 Å². The summed E-state index contributed by atoms with van der Waals surface area (Å²) in [7, 11) is 0. The van der Waals surface area contributed by atoms with Crippen molar-refractivity contribution in [1.82, 2.24) is 4.98 Å². The number of ether oxygens (including phenoxy) is 2. The molecule has 0 N–H and O–H groups in total. The van der Waals surface area contributed by atoms with Gasteiger partial charge in [0.1, 0.15) is 11.6 Å². The van der Waals surface area contributed by atoms with E-state index in [1.807, 2.05) is 0 Å². The lowest BCUT2D eigenvalue weighted by molar-refractivity contribution is -0.137. The average molecular weight is 287 g/mol. The van der Waals surface area contributed by atoms with Gasteiger partial charge in [0, 0.05) is 18.3 Å². The van der Waals surface area contributed by atoms with Gasteiger partial charge in [-0.15, -0.1) is 0 Å². The predicted molar refractivity (Wildman–Crippen MR) is 76.4 cm³/mol. The van der Waals surface area contributed by atoms with Crippen LogP contribution in [0.1, 0.15) is 12.5 Å². The predicted octanol–water partition coefficient (Wildman–Crippen LogP) is 3.59. The lowest BCUT2D eigenvalue weighted by atomic mass is 10.2.